The van der Waals surface area contributed by atoms with Crippen molar-refractivity contribution in [3.8, 4) is 0 Å². The summed E-state index contributed by atoms with van der Waals surface area (Å²) in [5, 5.41) is 0. The highest BCUT2D eigenvalue weighted by Crippen LogP contribution is 2.67. The number of unbranched alkanes of at least 4 members (excludes halogenated alkanes) is 1. The van der Waals surface area contributed by atoms with Gasteiger partial charge in [0.05, 0.1) is 5.57 Å². The van der Waals surface area contributed by atoms with Crippen molar-refractivity contribution in [2.75, 3.05) is 0 Å². The summed E-state index contributed by atoms with van der Waals surface area (Å²) in [6.07, 6.45) is 13.6. The van der Waals surface area contributed by atoms with Gasteiger partial charge in [0, 0.05) is 23.0 Å². The predicted octanol–water partition coefficient (Wildman–Crippen LogP) is 4.92. The molecule has 0 saturated heterocycles. The monoisotopic (exact) mass is 380 g/mol. The van der Waals surface area contributed by atoms with Gasteiger partial charge in [-0.1, -0.05) is 38.8 Å². The Hall–Kier alpha value is -2.10. The summed E-state index contributed by atoms with van der Waals surface area (Å²) in [5.74, 6) is 1.46. The van der Waals surface area contributed by atoms with Crippen molar-refractivity contribution < 1.29 is 19.1 Å². The average Bonchev–Trinajstić information content (AvgIpc) is 3.19. The summed E-state index contributed by atoms with van der Waals surface area (Å²) in [5.41, 5.74) is 3.46. The summed E-state index contributed by atoms with van der Waals surface area (Å²) in [4.78, 5) is 25.2. The zero-order valence-electron chi connectivity index (χ0n) is 16.8. The number of hydrogen-bond acceptors (Lipinski definition) is 4. The van der Waals surface area contributed by atoms with E-state index in [9.17, 15) is 9.59 Å². The first-order valence-corrected chi connectivity index (χ1v) is 10.9. The van der Waals surface area contributed by atoms with E-state index in [0.717, 1.165) is 67.4 Å². The van der Waals surface area contributed by atoms with Crippen LogP contribution in [0.1, 0.15) is 65.2 Å². The molecule has 0 radical (unpaired) electrons. The normalized spacial score (nSPS) is 37.1. The van der Waals surface area contributed by atoms with Crippen molar-refractivity contribution in [2.45, 2.75) is 70.8 Å². The van der Waals surface area contributed by atoms with Gasteiger partial charge in [-0.3, -0.25) is 0 Å². The van der Waals surface area contributed by atoms with Crippen LogP contribution in [0.15, 0.2) is 46.3 Å². The number of allylic oxidation sites excluding steroid dienone is 3. The Bertz CT molecular complexity index is 871. The van der Waals surface area contributed by atoms with Crippen LogP contribution >= 0.6 is 0 Å². The van der Waals surface area contributed by atoms with Crippen LogP contribution in [0.5, 0.6) is 0 Å². The highest BCUT2D eigenvalue weighted by molar-refractivity contribution is 5.98. The van der Waals surface area contributed by atoms with Gasteiger partial charge in [0.15, 0.2) is 0 Å². The van der Waals surface area contributed by atoms with Crippen molar-refractivity contribution in [3.05, 3.63) is 46.3 Å². The lowest BCUT2D eigenvalue weighted by atomic mass is 9.45. The Morgan fingerprint density at radius 1 is 1.14 bits per heavy atom. The summed E-state index contributed by atoms with van der Waals surface area (Å²) in [7, 11) is 0. The first kappa shape index (κ1) is 18.0. The van der Waals surface area contributed by atoms with E-state index in [-0.39, 0.29) is 17.9 Å². The van der Waals surface area contributed by atoms with Crippen LogP contribution in [-0.4, -0.2) is 17.5 Å². The Morgan fingerprint density at radius 3 is 2.79 bits per heavy atom. The number of carbonyl (C=O) groups excluding carboxylic acids is 2. The fourth-order valence-corrected chi connectivity index (χ4v) is 6.35. The minimum absolute atomic E-state index is 0.164. The van der Waals surface area contributed by atoms with Crippen LogP contribution < -0.4 is 0 Å². The third kappa shape index (κ3) is 2.23. The van der Waals surface area contributed by atoms with Gasteiger partial charge in [0.2, 0.25) is 0 Å². The average molecular weight is 380 g/mol. The molecule has 1 saturated carbocycles. The summed E-state index contributed by atoms with van der Waals surface area (Å²) < 4.78 is 11.8. The third-order valence-corrected chi connectivity index (χ3v) is 7.45. The number of hydrogen-bond donors (Lipinski definition) is 0. The van der Waals surface area contributed by atoms with Crippen molar-refractivity contribution in [1.29, 1.82) is 0 Å². The van der Waals surface area contributed by atoms with Crippen LogP contribution in [0, 0.1) is 17.8 Å². The molecule has 28 heavy (non-hydrogen) atoms. The van der Waals surface area contributed by atoms with Gasteiger partial charge in [-0.25, -0.2) is 9.59 Å². The molecule has 1 spiro atoms. The lowest BCUT2D eigenvalue weighted by Crippen LogP contribution is -2.64. The second-order valence-electron chi connectivity index (χ2n) is 8.79. The fraction of sp³-hybridized carbons (Fsp3) is 0.583. The van der Waals surface area contributed by atoms with E-state index >= 15 is 0 Å². The molecule has 1 fully saturated rings. The van der Waals surface area contributed by atoms with Crippen LogP contribution in [0.3, 0.4) is 0 Å². The summed E-state index contributed by atoms with van der Waals surface area (Å²) in [6.45, 7) is 4.33. The third-order valence-electron chi connectivity index (χ3n) is 7.45. The summed E-state index contributed by atoms with van der Waals surface area (Å²) in [6, 6.07) is 0. The molecule has 4 nitrogen and oxygen atoms in total. The van der Waals surface area contributed by atoms with E-state index in [1.165, 1.54) is 5.57 Å². The molecular weight excluding hydrogens is 352 g/mol. The van der Waals surface area contributed by atoms with Crippen LogP contribution in [0.2, 0.25) is 0 Å². The quantitative estimate of drug-likeness (QED) is 0.650. The number of ether oxygens (including phenoxy) is 2. The predicted molar refractivity (Wildman–Crippen MR) is 105 cm³/mol. The van der Waals surface area contributed by atoms with E-state index in [0.29, 0.717) is 18.3 Å². The molecule has 4 unspecified atom stereocenters. The molecular formula is C24H28O4. The van der Waals surface area contributed by atoms with Crippen molar-refractivity contribution in [1.82, 2.24) is 0 Å². The van der Waals surface area contributed by atoms with Gasteiger partial charge in [-0.05, 0) is 56.1 Å². The van der Waals surface area contributed by atoms with Crippen molar-refractivity contribution in [3.63, 3.8) is 0 Å². The van der Waals surface area contributed by atoms with Gasteiger partial charge in [0.1, 0.15) is 11.4 Å². The molecule has 0 aromatic heterocycles. The molecule has 3 aliphatic carbocycles. The molecule has 0 amide bonds. The molecule has 5 aliphatic rings. The molecule has 2 aliphatic heterocycles. The molecule has 4 heteroatoms. The van der Waals surface area contributed by atoms with Crippen LogP contribution in [0.25, 0.3) is 0 Å². The zero-order chi connectivity index (χ0) is 19.5. The van der Waals surface area contributed by atoms with E-state index in [1.807, 2.05) is 6.08 Å². The second kappa shape index (κ2) is 6.47. The van der Waals surface area contributed by atoms with E-state index in [4.69, 9.17) is 9.47 Å². The van der Waals surface area contributed by atoms with Gasteiger partial charge >= 0.3 is 11.9 Å². The topological polar surface area (TPSA) is 52.6 Å². The number of cyclic esters (lactones) is 1. The smallest absolute Gasteiger partial charge is 0.339 e. The Balaban J connectivity index is 1.54. The highest BCUT2D eigenvalue weighted by Gasteiger charge is 2.69. The molecule has 2 heterocycles. The van der Waals surface area contributed by atoms with Gasteiger partial charge in [0.25, 0.3) is 0 Å². The van der Waals surface area contributed by atoms with Gasteiger partial charge < -0.3 is 9.47 Å². The van der Waals surface area contributed by atoms with Gasteiger partial charge in [-0.15, -0.1) is 0 Å². The molecule has 0 bridgehead atoms. The molecule has 0 aromatic carbocycles. The number of rotatable bonds is 4. The van der Waals surface area contributed by atoms with Crippen molar-refractivity contribution >= 4 is 11.9 Å². The molecule has 0 N–H and O–H groups in total. The van der Waals surface area contributed by atoms with E-state index in [1.54, 1.807) is 0 Å². The number of esters is 2. The minimum Gasteiger partial charge on any atom is -0.450 e. The standard InChI is InChI=1S/C24H28O4/c1-3-5-11-21-15-12-17-18(8-4-2)24(20(17)13-16(15)22(25)27-21)19-10-7-6-9-14(19)23(26)28-24/h6,9,11,17-18,20H,3-5,7-8,10,12-13H2,1-2H3/b21-11-. The van der Waals surface area contributed by atoms with Gasteiger partial charge in [-0.2, -0.15) is 0 Å². The SMILES string of the molecule is CCC/C=C1\OC(=O)C2=C1CC1C(CCC)C3(OC(=O)C4=C3CCC=C4)C1C2. The number of carbonyl (C=O) groups is 2. The fourth-order valence-electron chi connectivity index (χ4n) is 6.35. The zero-order valence-corrected chi connectivity index (χ0v) is 16.8. The second-order valence-corrected chi connectivity index (χ2v) is 8.79. The summed E-state index contributed by atoms with van der Waals surface area (Å²) >= 11 is 0. The first-order valence-electron chi connectivity index (χ1n) is 10.9. The van der Waals surface area contributed by atoms with Crippen molar-refractivity contribution in [2.24, 2.45) is 17.8 Å². The molecule has 5 rings (SSSR count). The van der Waals surface area contributed by atoms with Crippen LogP contribution in [-0.2, 0) is 19.1 Å². The minimum atomic E-state index is -0.480. The highest BCUT2D eigenvalue weighted by atomic mass is 16.6. The maximum absolute atomic E-state index is 12.7. The molecule has 4 atom stereocenters. The van der Waals surface area contributed by atoms with E-state index in [2.05, 4.69) is 26.0 Å². The first-order chi connectivity index (χ1) is 13.6. The maximum Gasteiger partial charge on any atom is 0.339 e. The Morgan fingerprint density at radius 2 is 2.00 bits per heavy atom. The Kier molecular flexibility index (Phi) is 4.15. The molecule has 148 valence electrons. The van der Waals surface area contributed by atoms with Crippen LogP contribution in [0.4, 0.5) is 0 Å². The lowest BCUT2D eigenvalue weighted by molar-refractivity contribution is -0.203. The number of fused-ring (bicyclic) bond motifs is 3. The van der Waals surface area contributed by atoms with E-state index < -0.39 is 5.60 Å². The largest absolute Gasteiger partial charge is 0.450 e. The molecule has 0 aromatic rings. The Labute approximate surface area is 166 Å². The lowest BCUT2D eigenvalue weighted by Gasteiger charge is -2.61. The maximum atomic E-state index is 12.7.